The van der Waals surface area contributed by atoms with Crippen LogP contribution in [0.2, 0.25) is 5.02 Å². The zero-order chi connectivity index (χ0) is 22.6. The van der Waals surface area contributed by atoms with Gasteiger partial charge in [0.1, 0.15) is 11.2 Å². The lowest BCUT2D eigenvalue weighted by Crippen LogP contribution is -2.37. The van der Waals surface area contributed by atoms with Gasteiger partial charge in [-0.15, -0.1) is 0 Å². The van der Waals surface area contributed by atoms with Gasteiger partial charge in [-0.05, 0) is 17.7 Å². The molecule has 31 heavy (non-hydrogen) atoms. The van der Waals surface area contributed by atoms with Crippen molar-refractivity contribution in [3.05, 3.63) is 62.4 Å². The molecule has 4 rings (SSSR count). The molecule has 0 bridgehead atoms. The van der Waals surface area contributed by atoms with Crippen LogP contribution in [-0.2, 0) is 13.1 Å². The van der Waals surface area contributed by atoms with Crippen molar-refractivity contribution in [3.8, 4) is 5.75 Å². The summed E-state index contributed by atoms with van der Waals surface area (Å²) in [7, 11) is 4.75. The first kappa shape index (κ1) is 20.9. The molecule has 0 saturated carbocycles. The van der Waals surface area contributed by atoms with E-state index in [0.29, 0.717) is 18.7 Å². The first-order chi connectivity index (χ1) is 14.6. The van der Waals surface area contributed by atoms with E-state index in [0.717, 1.165) is 0 Å². The van der Waals surface area contributed by atoms with Crippen LogP contribution < -0.4 is 5.56 Å². The van der Waals surface area contributed by atoms with Gasteiger partial charge in [0.15, 0.2) is 11.4 Å². The van der Waals surface area contributed by atoms with Crippen molar-refractivity contribution in [3.63, 3.8) is 0 Å². The van der Waals surface area contributed by atoms with Crippen molar-refractivity contribution in [2.45, 2.75) is 13.1 Å². The molecule has 8 nitrogen and oxygen atoms in total. The largest absolute Gasteiger partial charge is 0.505 e. The molecule has 0 atom stereocenters. The summed E-state index contributed by atoms with van der Waals surface area (Å²) in [5, 5.41) is 10.7. The van der Waals surface area contributed by atoms with Crippen molar-refractivity contribution in [2.75, 3.05) is 27.7 Å². The van der Waals surface area contributed by atoms with Crippen LogP contribution in [-0.4, -0.2) is 63.5 Å². The quantitative estimate of drug-likeness (QED) is 0.667. The number of nitrogens with zero attached hydrogens (tertiary/aromatic N) is 4. The van der Waals surface area contributed by atoms with E-state index in [9.17, 15) is 23.9 Å². The average molecular weight is 447 g/mol. The van der Waals surface area contributed by atoms with Crippen LogP contribution in [0.5, 0.6) is 5.75 Å². The fraction of sp³-hybridized carbons (Fsp3) is 0.286. The molecule has 2 amide bonds. The lowest BCUT2D eigenvalue weighted by Gasteiger charge is -2.25. The zero-order valence-corrected chi connectivity index (χ0v) is 17.9. The number of fused-ring (bicyclic) bond motifs is 3. The summed E-state index contributed by atoms with van der Waals surface area (Å²) >= 11 is 5.85. The Morgan fingerprint density at radius 2 is 1.97 bits per heavy atom. The van der Waals surface area contributed by atoms with Gasteiger partial charge in [0.25, 0.3) is 17.4 Å². The van der Waals surface area contributed by atoms with Crippen LogP contribution in [0.25, 0.3) is 10.9 Å². The van der Waals surface area contributed by atoms with Crippen LogP contribution in [0.3, 0.4) is 0 Å². The van der Waals surface area contributed by atoms with E-state index in [1.165, 1.54) is 43.3 Å². The fourth-order valence-electron chi connectivity index (χ4n) is 3.83. The maximum Gasteiger partial charge on any atom is 0.274 e. The number of aromatic hydroxyl groups is 1. The van der Waals surface area contributed by atoms with Crippen molar-refractivity contribution in [2.24, 2.45) is 0 Å². The number of rotatable bonds is 3. The second-order valence-corrected chi connectivity index (χ2v) is 8.13. The summed E-state index contributed by atoms with van der Waals surface area (Å²) in [6.45, 7) is 0.706. The van der Waals surface area contributed by atoms with Gasteiger partial charge in [0.05, 0.1) is 22.6 Å². The third-order valence-corrected chi connectivity index (χ3v) is 5.72. The van der Waals surface area contributed by atoms with Gasteiger partial charge in [0, 0.05) is 40.4 Å². The van der Waals surface area contributed by atoms with Crippen molar-refractivity contribution in [1.29, 1.82) is 0 Å². The minimum atomic E-state index is -0.586. The molecule has 0 fully saturated rings. The van der Waals surface area contributed by atoms with E-state index < -0.39 is 23.0 Å². The summed E-state index contributed by atoms with van der Waals surface area (Å²) in [6, 6.07) is 4.06. The number of hydrogen-bond acceptors (Lipinski definition) is 4. The highest BCUT2D eigenvalue weighted by Gasteiger charge is 2.33. The standard InChI is InChI=1S/C21H20ClFN4O4/c1-24(2)19(29)12-10-26(9-11-4-5-14(23)13(22)8-11)20(30)15-16(12)27-7-6-25(3)21(31)17(27)18(15)28/h4-5,8,10,28H,6-7,9H2,1-3H3. The van der Waals surface area contributed by atoms with Gasteiger partial charge in [0.2, 0.25) is 0 Å². The topological polar surface area (TPSA) is 87.8 Å². The second-order valence-electron chi connectivity index (χ2n) is 7.72. The van der Waals surface area contributed by atoms with Gasteiger partial charge < -0.3 is 24.0 Å². The molecule has 1 aliphatic rings. The molecule has 162 valence electrons. The molecule has 10 heteroatoms. The Hall–Kier alpha value is -3.33. The molecule has 0 radical (unpaired) electrons. The van der Waals surface area contributed by atoms with E-state index in [1.54, 1.807) is 21.1 Å². The number of benzene rings is 1. The lowest BCUT2D eigenvalue weighted by atomic mass is 10.1. The SMILES string of the molecule is CN(C)C(=O)c1cn(Cc2ccc(F)c(Cl)c2)c(=O)c2c(O)c3n(c12)CCN(C)C3=O. The third kappa shape index (κ3) is 3.25. The number of halogens is 2. The summed E-state index contributed by atoms with van der Waals surface area (Å²) in [5.41, 5.74) is 0.352. The van der Waals surface area contributed by atoms with E-state index in [1.807, 2.05) is 0 Å². The highest BCUT2D eigenvalue weighted by Crippen LogP contribution is 2.35. The minimum absolute atomic E-state index is 0.00369. The Bertz CT molecular complexity index is 1310. The molecule has 0 saturated heterocycles. The molecule has 1 aliphatic heterocycles. The minimum Gasteiger partial charge on any atom is -0.505 e. The van der Waals surface area contributed by atoms with Gasteiger partial charge >= 0.3 is 0 Å². The number of aromatic nitrogens is 2. The van der Waals surface area contributed by atoms with Crippen molar-refractivity contribution in [1.82, 2.24) is 18.9 Å². The summed E-state index contributed by atoms with van der Waals surface area (Å²) in [5.74, 6) is -1.85. The maximum absolute atomic E-state index is 13.5. The fourth-order valence-corrected chi connectivity index (χ4v) is 4.03. The molecule has 1 N–H and O–H groups in total. The number of hydrogen-bond donors (Lipinski definition) is 1. The molecule has 0 spiro atoms. The van der Waals surface area contributed by atoms with Gasteiger partial charge in [-0.2, -0.15) is 0 Å². The van der Waals surface area contributed by atoms with E-state index in [4.69, 9.17) is 11.6 Å². The molecular weight excluding hydrogens is 427 g/mol. The first-order valence-electron chi connectivity index (χ1n) is 9.51. The summed E-state index contributed by atoms with van der Waals surface area (Å²) < 4.78 is 16.3. The summed E-state index contributed by atoms with van der Waals surface area (Å²) in [4.78, 5) is 41.7. The normalized spacial score (nSPS) is 13.6. The summed E-state index contributed by atoms with van der Waals surface area (Å²) in [6.07, 6.45) is 1.40. The highest BCUT2D eigenvalue weighted by molar-refractivity contribution is 6.30. The number of carbonyl (C=O) groups excluding carboxylic acids is 2. The van der Waals surface area contributed by atoms with Crippen molar-refractivity contribution >= 4 is 34.3 Å². The van der Waals surface area contributed by atoms with Crippen LogP contribution in [0.1, 0.15) is 26.4 Å². The molecular formula is C21H20ClFN4O4. The van der Waals surface area contributed by atoms with E-state index in [2.05, 4.69) is 0 Å². The van der Waals surface area contributed by atoms with Gasteiger partial charge in [-0.25, -0.2) is 4.39 Å². The molecule has 3 heterocycles. The second kappa shape index (κ2) is 7.42. The molecule has 0 unspecified atom stereocenters. The van der Waals surface area contributed by atoms with Crippen LogP contribution >= 0.6 is 11.6 Å². The Balaban J connectivity index is 2.01. The van der Waals surface area contributed by atoms with Crippen LogP contribution in [0.15, 0.2) is 29.2 Å². The Kier molecular flexibility index (Phi) is 5.01. The van der Waals surface area contributed by atoms with E-state index >= 15 is 0 Å². The number of pyridine rings is 1. The number of amides is 2. The zero-order valence-electron chi connectivity index (χ0n) is 17.1. The Labute approximate surface area is 181 Å². The Morgan fingerprint density at radius 3 is 2.61 bits per heavy atom. The van der Waals surface area contributed by atoms with Crippen LogP contribution in [0, 0.1) is 5.82 Å². The average Bonchev–Trinajstić information content (AvgIpc) is 3.02. The van der Waals surface area contributed by atoms with Gasteiger partial charge in [-0.1, -0.05) is 17.7 Å². The van der Waals surface area contributed by atoms with Crippen molar-refractivity contribution < 1.29 is 19.1 Å². The lowest BCUT2D eigenvalue weighted by molar-refractivity contribution is 0.0745. The van der Waals surface area contributed by atoms with E-state index in [-0.39, 0.29) is 39.6 Å². The number of likely N-dealkylation sites (N-methyl/N-ethyl adjacent to an activating group) is 1. The van der Waals surface area contributed by atoms with Gasteiger partial charge in [-0.3, -0.25) is 14.4 Å². The first-order valence-corrected chi connectivity index (χ1v) is 9.89. The smallest absolute Gasteiger partial charge is 0.274 e. The Morgan fingerprint density at radius 1 is 1.26 bits per heavy atom. The predicted octanol–water partition coefficient (Wildman–Crippen LogP) is 2.14. The third-order valence-electron chi connectivity index (χ3n) is 5.43. The molecule has 0 aliphatic carbocycles. The number of carbonyl (C=O) groups is 2. The highest BCUT2D eigenvalue weighted by atomic mass is 35.5. The molecule has 2 aromatic heterocycles. The molecule has 3 aromatic rings. The maximum atomic E-state index is 13.5. The monoisotopic (exact) mass is 446 g/mol. The molecule has 1 aromatic carbocycles. The predicted molar refractivity (Wildman–Crippen MR) is 113 cm³/mol. The van der Waals surface area contributed by atoms with Crippen LogP contribution in [0.4, 0.5) is 4.39 Å².